The molecular weight excluding hydrogens is 146 g/mol. The van der Waals surface area contributed by atoms with E-state index in [0.29, 0.717) is 6.42 Å². The van der Waals surface area contributed by atoms with Crippen molar-refractivity contribution in [3.8, 4) is 0 Å². The number of hydrogen-bond donors (Lipinski definition) is 1. The summed E-state index contributed by atoms with van der Waals surface area (Å²) in [5, 5.41) is 11.2. The maximum absolute atomic E-state index is 9.83. The lowest BCUT2D eigenvalue weighted by Crippen LogP contribution is -1.93. The molecule has 0 unspecified atom stereocenters. The molecule has 52 valence electrons. The third kappa shape index (κ3) is 7.23. The first-order valence-electron chi connectivity index (χ1n) is 2.28. The molecule has 0 atom stereocenters. The molecule has 0 aromatic rings. The Morgan fingerprint density at radius 1 is 1.89 bits per heavy atom. The molecule has 0 rings (SSSR count). The monoisotopic (exact) mass is 151 g/mol. The van der Waals surface area contributed by atoms with Crippen molar-refractivity contribution in [2.45, 2.75) is 12.8 Å². The summed E-state index contributed by atoms with van der Waals surface area (Å²) in [5.74, 6) is -0.865. The Bertz CT molecular complexity index is 114. The van der Waals surface area contributed by atoms with Crippen LogP contribution in [-0.2, 0) is 9.18 Å². The van der Waals surface area contributed by atoms with E-state index in [1.807, 2.05) is 0 Å². The molecule has 0 radical (unpaired) electrons. The lowest BCUT2D eigenvalue weighted by Gasteiger charge is -1.83. The van der Waals surface area contributed by atoms with Crippen molar-refractivity contribution in [1.29, 1.82) is 0 Å². The van der Waals surface area contributed by atoms with Gasteiger partial charge >= 0.3 is 5.97 Å². The average molecular weight is 152 g/mol. The van der Waals surface area contributed by atoms with Gasteiger partial charge in [-0.1, -0.05) is 5.16 Å². The number of carboxylic acid groups (broad SMARTS) is 1. The van der Waals surface area contributed by atoms with E-state index in [9.17, 15) is 4.79 Å². The van der Waals surface area contributed by atoms with Crippen molar-refractivity contribution in [2.75, 3.05) is 0 Å². The van der Waals surface area contributed by atoms with Gasteiger partial charge in [-0.25, -0.2) is 0 Å². The van der Waals surface area contributed by atoms with Crippen LogP contribution in [0.25, 0.3) is 0 Å². The zero-order valence-electron chi connectivity index (χ0n) is 4.58. The molecule has 9 heavy (non-hydrogen) atoms. The van der Waals surface area contributed by atoms with E-state index in [-0.39, 0.29) is 6.42 Å². The van der Waals surface area contributed by atoms with Gasteiger partial charge < -0.3 is 5.11 Å². The van der Waals surface area contributed by atoms with Crippen LogP contribution in [0, 0.1) is 0 Å². The highest BCUT2D eigenvalue weighted by Gasteiger charge is 1.91. The first-order chi connectivity index (χ1) is 4.27. The number of rotatable bonds is 4. The fourth-order valence-corrected chi connectivity index (χ4v) is 0.325. The van der Waals surface area contributed by atoms with Crippen LogP contribution in [0.2, 0.25) is 0 Å². The second-order valence-electron chi connectivity index (χ2n) is 1.29. The highest BCUT2D eigenvalue weighted by atomic mass is 35.5. The number of aliphatic carboxylic acids is 1. The quantitative estimate of drug-likeness (QED) is 0.482. The number of hydrogen-bond acceptors (Lipinski definition) is 3. The summed E-state index contributed by atoms with van der Waals surface area (Å²) >= 11 is 4.67. The zero-order chi connectivity index (χ0) is 7.11. The maximum Gasteiger partial charge on any atom is 0.303 e. The van der Waals surface area contributed by atoms with E-state index in [2.05, 4.69) is 21.4 Å². The summed E-state index contributed by atoms with van der Waals surface area (Å²) in [6.07, 6.45) is 1.67. The largest absolute Gasteiger partial charge is 0.481 e. The predicted octanol–water partition coefficient (Wildman–Crippen LogP) is 1.01. The minimum Gasteiger partial charge on any atom is -0.481 e. The Balaban J connectivity index is 3.09. The molecule has 0 aliphatic rings. The van der Waals surface area contributed by atoms with Gasteiger partial charge in [0.05, 0.1) is 6.42 Å². The van der Waals surface area contributed by atoms with Crippen LogP contribution in [0.3, 0.4) is 0 Å². The summed E-state index contributed by atoms with van der Waals surface area (Å²) in [4.78, 5) is 9.83. The van der Waals surface area contributed by atoms with Crippen molar-refractivity contribution >= 4 is 24.0 Å². The van der Waals surface area contributed by atoms with Crippen LogP contribution < -0.4 is 0 Å². The normalized spacial score (nSPS) is 9.89. The maximum atomic E-state index is 9.83. The fraction of sp³-hybridized carbons (Fsp3) is 0.500. The van der Waals surface area contributed by atoms with E-state index in [4.69, 9.17) is 5.11 Å². The van der Waals surface area contributed by atoms with Gasteiger partial charge in [-0.3, -0.25) is 9.18 Å². The van der Waals surface area contributed by atoms with Gasteiger partial charge in [0.25, 0.3) is 0 Å². The molecule has 0 bridgehead atoms. The number of carboxylic acids is 1. The van der Waals surface area contributed by atoms with Crippen molar-refractivity contribution in [3.05, 3.63) is 0 Å². The molecule has 0 saturated heterocycles. The first kappa shape index (κ1) is 8.23. The second-order valence-corrected chi connectivity index (χ2v) is 1.43. The molecular formula is C4H6ClNO3. The third-order valence-electron chi connectivity index (χ3n) is 0.602. The smallest absolute Gasteiger partial charge is 0.303 e. The molecule has 0 aromatic heterocycles. The summed E-state index contributed by atoms with van der Waals surface area (Å²) in [6, 6.07) is 0. The summed E-state index contributed by atoms with van der Waals surface area (Å²) in [5.41, 5.74) is 0. The molecule has 0 spiro atoms. The van der Waals surface area contributed by atoms with Crippen LogP contribution in [0.15, 0.2) is 5.16 Å². The fourth-order valence-electron chi connectivity index (χ4n) is 0.269. The molecule has 0 aliphatic heterocycles. The van der Waals surface area contributed by atoms with E-state index < -0.39 is 5.97 Å². The van der Waals surface area contributed by atoms with Crippen LogP contribution in [-0.4, -0.2) is 17.3 Å². The third-order valence-corrected chi connectivity index (χ3v) is 0.681. The number of carbonyl (C=O) groups is 1. The van der Waals surface area contributed by atoms with Crippen LogP contribution in [0.1, 0.15) is 12.8 Å². The molecule has 4 nitrogen and oxygen atoms in total. The minimum absolute atomic E-state index is 0.0454. The molecule has 0 saturated carbocycles. The molecule has 0 aliphatic carbocycles. The highest BCUT2D eigenvalue weighted by molar-refractivity contribution is 6.07. The summed E-state index contributed by atoms with van der Waals surface area (Å²) in [7, 11) is 0. The Hall–Kier alpha value is -0.770. The summed E-state index contributed by atoms with van der Waals surface area (Å²) in [6.45, 7) is 0. The van der Waals surface area contributed by atoms with Gasteiger partial charge in [-0.2, -0.15) is 0 Å². The molecule has 0 amide bonds. The highest BCUT2D eigenvalue weighted by Crippen LogP contribution is 1.85. The first-order valence-corrected chi connectivity index (χ1v) is 2.59. The topological polar surface area (TPSA) is 58.9 Å². The molecule has 0 fully saturated rings. The lowest BCUT2D eigenvalue weighted by molar-refractivity contribution is -0.136. The van der Waals surface area contributed by atoms with Gasteiger partial charge in [0.15, 0.2) is 11.9 Å². The van der Waals surface area contributed by atoms with Gasteiger partial charge in [0.1, 0.15) is 0 Å². The Labute approximate surface area is 57.2 Å². The Morgan fingerprint density at radius 3 is 3.00 bits per heavy atom. The SMILES string of the molecule is O=C(O)CCC=NOCl. The summed E-state index contributed by atoms with van der Waals surface area (Å²) < 4.78 is 3.77. The Morgan fingerprint density at radius 2 is 2.56 bits per heavy atom. The van der Waals surface area contributed by atoms with Crippen LogP contribution in [0.4, 0.5) is 0 Å². The van der Waals surface area contributed by atoms with Gasteiger partial charge in [-0.05, 0) is 6.42 Å². The number of oxime groups is 1. The minimum atomic E-state index is -0.865. The van der Waals surface area contributed by atoms with Gasteiger partial charge in [-0.15, -0.1) is 0 Å². The van der Waals surface area contributed by atoms with E-state index in [0.717, 1.165) is 0 Å². The van der Waals surface area contributed by atoms with Crippen molar-refractivity contribution in [2.24, 2.45) is 5.16 Å². The molecule has 1 N–H and O–H groups in total. The van der Waals surface area contributed by atoms with E-state index in [1.165, 1.54) is 6.21 Å². The zero-order valence-corrected chi connectivity index (χ0v) is 5.34. The van der Waals surface area contributed by atoms with Crippen LogP contribution in [0.5, 0.6) is 0 Å². The Kier molecular flexibility index (Phi) is 4.91. The number of nitrogens with zero attached hydrogens (tertiary/aromatic N) is 1. The average Bonchev–Trinajstić information content (AvgIpc) is 1.80. The van der Waals surface area contributed by atoms with Crippen molar-refractivity contribution in [3.63, 3.8) is 0 Å². The molecule has 5 heteroatoms. The molecule has 0 aromatic carbocycles. The standard InChI is InChI=1S/C4H6ClNO3/c5-9-6-3-1-2-4(7)8/h3H,1-2H2,(H,7,8). The lowest BCUT2D eigenvalue weighted by atomic mass is 10.3. The van der Waals surface area contributed by atoms with Gasteiger partial charge in [0.2, 0.25) is 0 Å². The van der Waals surface area contributed by atoms with Crippen molar-refractivity contribution < 1.29 is 14.3 Å². The molecule has 0 heterocycles. The van der Waals surface area contributed by atoms with Crippen LogP contribution >= 0.6 is 11.9 Å². The predicted molar refractivity (Wildman–Crippen MR) is 32.3 cm³/mol. The van der Waals surface area contributed by atoms with E-state index in [1.54, 1.807) is 0 Å². The van der Waals surface area contributed by atoms with Crippen molar-refractivity contribution in [1.82, 2.24) is 0 Å². The second kappa shape index (κ2) is 5.37. The number of halogens is 1. The van der Waals surface area contributed by atoms with E-state index >= 15 is 0 Å². The van der Waals surface area contributed by atoms with Gasteiger partial charge in [0, 0.05) is 6.21 Å².